The number of hydrogen-bond donors (Lipinski definition) is 3. The van der Waals surface area contributed by atoms with Crippen LogP contribution in [0.3, 0.4) is 0 Å². The number of nitrogens with one attached hydrogen (secondary N) is 1. The summed E-state index contributed by atoms with van der Waals surface area (Å²) in [5.74, 6) is 1.38. The smallest absolute Gasteiger partial charge is 0.352 e. The maximum absolute atomic E-state index is 14.4. The number of halogens is 1. The van der Waals surface area contributed by atoms with Crippen LogP contribution in [0.25, 0.3) is 0 Å². The zero-order valence-electron chi connectivity index (χ0n) is 15.0. The van der Waals surface area contributed by atoms with E-state index in [1.54, 1.807) is 18.2 Å². The number of rotatable bonds is 5. The zero-order valence-corrected chi connectivity index (χ0v) is 15.0. The molecule has 1 aromatic heterocycles. The lowest BCUT2D eigenvalue weighted by atomic mass is 10.1. The average Bonchev–Trinajstić information content (AvgIpc) is 2.98. The van der Waals surface area contributed by atoms with E-state index >= 15 is 0 Å². The molecule has 4 atom stereocenters. The summed E-state index contributed by atoms with van der Waals surface area (Å²) in [7, 11) is 0. The number of aliphatic hydroxyl groups excluding tert-OH is 2. The molecule has 0 saturated carbocycles. The summed E-state index contributed by atoms with van der Waals surface area (Å²) in [6.07, 6.45) is -3.88. The van der Waals surface area contributed by atoms with Gasteiger partial charge < -0.3 is 29.7 Å². The molecule has 0 spiro atoms. The molecule has 0 amide bonds. The second kappa shape index (κ2) is 7.38. The lowest BCUT2D eigenvalue weighted by molar-refractivity contribution is -0.0492. The highest BCUT2D eigenvalue weighted by Gasteiger charge is 2.45. The van der Waals surface area contributed by atoms with Crippen LogP contribution in [-0.2, 0) is 4.74 Å². The molecule has 10 heteroatoms. The molecular weight excluding hydrogens is 373 g/mol. The van der Waals surface area contributed by atoms with Gasteiger partial charge in [-0.1, -0.05) is 13.0 Å². The van der Waals surface area contributed by atoms with Crippen LogP contribution in [0, 0.1) is 0 Å². The first-order valence-corrected chi connectivity index (χ1v) is 8.95. The van der Waals surface area contributed by atoms with Crippen molar-refractivity contribution in [2.75, 3.05) is 18.5 Å². The van der Waals surface area contributed by atoms with Crippen molar-refractivity contribution in [2.24, 2.45) is 0 Å². The molecule has 2 aliphatic rings. The summed E-state index contributed by atoms with van der Waals surface area (Å²) in [5.41, 5.74) is -0.243. The van der Waals surface area contributed by atoms with E-state index in [1.807, 2.05) is 6.92 Å². The van der Waals surface area contributed by atoms with E-state index in [9.17, 15) is 19.4 Å². The summed E-state index contributed by atoms with van der Waals surface area (Å²) in [5, 5.41) is 22.0. The van der Waals surface area contributed by atoms with Crippen LogP contribution in [0.1, 0.15) is 19.6 Å². The number of nitrogens with zero attached hydrogens (tertiary/aromatic N) is 2. The minimum absolute atomic E-state index is 0.161. The molecule has 0 aliphatic carbocycles. The SMILES string of the molecule is CCCOc1cccc2c1Nc1nc(=O)n([C@@H]3O[C@H](CO)[C@H](O)C3F)cc1O2. The van der Waals surface area contributed by atoms with Gasteiger partial charge in [0.05, 0.1) is 19.4 Å². The first-order valence-electron chi connectivity index (χ1n) is 8.95. The first-order chi connectivity index (χ1) is 13.5. The molecular formula is C18H20FN3O6. The van der Waals surface area contributed by atoms with Gasteiger partial charge in [0.15, 0.2) is 29.7 Å². The van der Waals surface area contributed by atoms with Gasteiger partial charge in [-0.15, -0.1) is 0 Å². The van der Waals surface area contributed by atoms with E-state index in [4.69, 9.17) is 14.2 Å². The molecule has 1 saturated heterocycles. The first kappa shape index (κ1) is 18.7. The fourth-order valence-electron chi connectivity index (χ4n) is 3.16. The molecule has 3 N–H and O–H groups in total. The van der Waals surface area contributed by atoms with Crippen molar-refractivity contribution in [3.63, 3.8) is 0 Å². The van der Waals surface area contributed by atoms with Crippen LogP contribution in [0.5, 0.6) is 17.2 Å². The van der Waals surface area contributed by atoms with E-state index < -0.39 is 36.9 Å². The molecule has 0 bridgehead atoms. The molecule has 2 aromatic rings. The van der Waals surface area contributed by atoms with Crippen LogP contribution in [-0.4, -0.2) is 51.4 Å². The highest BCUT2D eigenvalue weighted by molar-refractivity contribution is 5.77. The van der Waals surface area contributed by atoms with E-state index in [0.29, 0.717) is 23.8 Å². The molecule has 2 aliphatic heterocycles. The molecule has 1 fully saturated rings. The lowest BCUT2D eigenvalue weighted by Crippen LogP contribution is -2.34. The van der Waals surface area contributed by atoms with Gasteiger partial charge in [-0.2, -0.15) is 4.98 Å². The van der Waals surface area contributed by atoms with Crippen LogP contribution < -0.4 is 20.5 Å². The Kier molecular flexibility index (Phi) is 4.92. The molecule has 1 aromatic carbocycles. The molecule has 9 nitrogen and oxygen atoms in total. The Hall–Kier alpha value is -2.69. The Morgan fingerprint density at radius 1 is 1.39 bits per heavy atom. The van der Waals surface area contributed by atoms with Crippen LogP contribution in [0.4, 0.5) is 15.9 Å². The second-order valence-electron chi connectivity index (χ2n) is 6.53. The Labute approximate surface area is 159 Å². The molecule has 1 unspecified atom stereocenters. The quantitative estimate of drug-likeness (QED) is 0.597. The summed E-state index contributed by atoms with van der Waals surface area (Å²) >= 11 is 0. The van der Waals surface area contributed by atoms with Crippen molar-refractivity contribution in [3.8, 4) is 17.2 Å². The second-order valence-corrected chi connectivity index (χ2v) is 6.53. The van der Waals surface area contributed by atoms with Crippen LogP contribution >= 0.6 is 0 Å². The monoisotopic (exact) mass is 393 g/mol. The predicted molar refractivity (Wildman–Crippen MR) is 96.0 cm³/mol. The van der Waals surface area contributed by atoms with E-state index in [0.717, 1.165) is 11.0 Å². The van der Waals surface area contributed by atoms with Gasteiger partial charge in [-0.25, -0.2) is 9.18 Å². The molecule has 3 heterocycles. The van der Waals surface area contributed by atoms with Crippen LogP contribution in [0.2, 0.25) is 0 Å². The lowest BCUT2D eigenvalue weighted by Gasteiger charge is -2.24. The number of aliphatic hydroxyl groups is 2. The van der Waals surface area contributed by atoms with Gasteiger partial charge in [0.2, 0.25) is 0 Å². The van der Waals surface area contributed by atoms with Gasteiger partial charge in [0, 0.05) is 0 Å². The van der Waals surface area contributed by atoms with Crippen molar-refractivity contribution in [1.82, 2.24) is 9.55 Å². The Morgan fingerprint density at radius 3 is 2.93 bits per heavy atom. The maximum Gasteiger partial charge on any atom is 0.352 e. The Balaban J connectivity index is 1.67. The number of para-hydroxylation sites is 1. The Bertz CT molecular complexity index is 936. The van der Waals surface area contributed by atoms with Crippen molar-refractivity contribution in [3.05, 3.63) is 34.9 Å². The standard InChI is InChI=1S/C18H20FN3O6/c1-2-6-26-9-4-3-5-10-14(9)20-16-11(27-10)7-22(18(25)21-16)17-13(19)15(24)12(8-23)28-17/h3-5,7,12-13,15,17,23-24H,2,6,8H2,1H3,(H,20,21,25)/t12-,13?,15+,17-/m1/s1. The summed E-state index contributed by atoms with van der Waals surface area (Å²) in [6, 6.07) is 5.25. The summed E-state index contributed by atoms with van der Waals surface area (Å²) in [4.78, 5) is 16.3. The van der Waals surface area contributed by atoms with Gasteiger partial charge in [0.25, 0.3) is 0 Å². The number of alkyl halides is 1. The minimum Gasteiger partial charge on any atom is -0.491 e. The third-order valence-electron chi connectivity index (χ3n) is 4.58. The highest BCUT2D eigenvalue weighted by Crippen LogP contribution is 2.45. The van der Waals surface area contributed by atoms with Crippen molar-refractivity contribution >= 4 is 11.5 Å². The average molecular weight is 393 g/mol. The van der Waals surface area contributed by atoms with Crippen molar-refractivity contribution in [2.45, 2.75) is 38.0 Å². The number of anilines is 2. The van der Waals surface area contributed by atoms with Gasteiger partial charge >= 0.3 is 5.69 Å². The van der Waals surface area contributed by atoms with Crippen molar-refractivity contribution < 1.29 is 28.8 Å². The third kappa shape index (κ3) is 3.09. The van der Waals surface area contributed by atoms with Gasteiger partial charge in [-0.3, -0.25) is 4.57 Å². The molecule has 28 heavy (non-hydrogen) atoms. The Morgan fingerprint density at radius 2 is 2.21 bits per heavy atom. The number of hydrogen-bond acceptors (Lipinski definition) is 8. The minimum atomic E-state index is -1.90. The summed E-state index contributed by atoms with van der Waals surface area (Å²) in [6.45, 7) is 1.93. The number of fused-ring (bicyclic) bond motifs is 2. The highest BCUT2D eigenvalue weighted by atomic mass is 19.1. The number of aromatic nitrogens is 2. The topological polar surface area (TPSA) is 115 Å². The summed E-state index contributed by atoms with van der Waals surface area (Å²) < 4.78 is 32.1. The van der Waals surface area contributed by atoms with Crippen molar-refractivity contribution in [1.29, 1.82) is 0 Å². The maximum atomic E-state index is 14.4. The van der Waals surface area contributed by atoms with Crippen LogP contribution in [0.15, 0.2) is 29.2 Å². The number of ether oxygens (including phenoxy) is 3. The molecule has 4 rings (SSSR count). The fraction of sp³-hybridized carbons (Fsp3) is 0.444. The van der Waals surface area contributed by atoms with E-state index in [-0.39, 0.29) is 11.6 Å². The van der Waals surface area contributed by atoms with Gasteiger partial charge in [-0.05, 0) is 18.6 Å². The molecule has 150 valence electrons. The number of benzene rings is 1. The normalized spacial score (nSPS) is 25.4. The third-order valence-corrected chi connectivity index (χ3v) is 4.58. The largest absolute Gasteiger partial charge is 0.491 e. The predicted octanol–water partition coefficient (Wildman–Crippen LogP) is 1.47. The van der Waals surface area contributed by atoms with E-state index in [1.165, 1.54) is 6.20 Å². The molecule has 0 radical (unpaired) electrons. The fourth-order valence-corrected chi connectivity index (χ4v) is 3.16. The van der Waals surface area contributed by atoms with Gasteiger partial charge in [0.1, 0.15) is 23.6 Å². The zero-order chi connectivity index (χ0) is 19.8. The van der Waals surface area contributed by atoms with E-state index in [2.05, 4.69) is 10.3 Å².